The first-order valence-electron chi connectivity index (χ1n) is 4.67. The normalized spacial score (nSPS) is 9.88. The third-order valence-electron chi connectivity index (χ3n) is 1.73. The first kappa shape index (κ1) is 13.4. The van der Waals surface area contributed by atoms with Crippen molar-refractivity contribution in [3.8, 4) is 0 Å². The molecular formula is C11H12Br2N2O. The number of hydrogen-bond donors (Lipinski definition) is 2. The fourth-order valence-corrected chi connectivity index (χ4v) is 1.51. The summed E-state index contributed by atoms with van der Waals surface area (Å²) < 4.78 is 1.81. The highest BCUT2D eigenvalue weighted by atomic mass is 79.9. The van der Waals surface area contributed by atoms with Gasteiger partial charge in [-0.3, -0.25) is 4.79 Å². The highest BCUT2D eigenvalue weighted by Crippen LogP contribution is 2.13. The van der Waals surface area contributed by atoms with Gasteiger partial charge in [-0.05, 0) is 24.3 Å². The second-order valence-electron chi connectivity index (χ2n) is 3.18. The molecule has 0 heterocycles. The Bertz CT molecular complexity index is 376. The lowest BCUT2D eigenvalue weighted by Gasteiger charge is -2.06. The van der Waals surface area contributed by atoms with Crippen molar-refractivity contribution in [2.24, 2.45) is 0 Å². The number of amides is 1. The van der Waals surface area contributed by atoms with E-state index >= 15 is 0 Å². The number of nitrogens with one attached hydrogen (secondary N) is 2. The molecule has 5 heteroatoms. The van der Waals surface area contributed by atoms with Crippen LogP contribution in [-0.4, -0.2) is 19.0 Å². The van der Waals surface area contributed by atoms with Crippen LogP contribution < -0.4 is 10.6 Å². The lowest BCUT2D eigenvalue weighted by atomic mass is 10.3. The number of halogens is 2. The topological polar surface area (TPSA) is 41.1 Å². The molecule has 0 saturated heterocycles. The van der Waals surface area contributed by atoms with E-state index < -0.39 is 0 Å². The Morgan fingerprint density at radius 2 is 1.88 bits per heavy atom. The summed E-state index contributed by atoms with van der Waals surface area (Å²) in [5.41, 5.74) is 0.785. The molecule has 1 rings (SSSR count). The van der Waals surface area contributed by atoms with Gasteiger partial charge in [-0.1, -0.05) is 38.4 Å². The Kier molecular flexibility index (Phi) is 5.73. The van der Waals surface area contributed by atoms with Crippen molar-refractivity contribution < 1.29 is 4.79 Å². The number of rotatable bonds is 5. The summed E-state index contributed by atoms with van der Waals surface area (Å²) in [5, 5.41) is 5.72. The van der Waals surface area contributed by atoms with Crippen molar-refractivity contribution >= 4 is 43.5 Å². The Labute approximate surface area is 112 Å². The summed E-state index contributed by atoms with van der Waals surface area (Å²) in [4.78, 5) is 11.4. The predicted octanol–water partition coefficient (Wildman–Crippen LogP) is 2.89. The Morgan fingerprint density at radius 1 is 1.25 bits per heavy atom. The molecule has 0 aliphatic carbocycles. The SMILES string of the molecule is C=C(Br)CNCC(=O)Nc1ccc(Br)cc1. The van der Waals surface area contributed by atoms with Crippen LogP contribution in [0.5, 0.6) is 0 Å². The summed E-state index contributed by atoms with van der Waals surface area (Å²) >= 11 is 6.53. The monoisotopic (exact) mass is 346 g/mol. The fraction of sp³-hybridized carbons (Fsp3) is 0.182. The van der Waals surface area contributed by atoms with Gasteiger partial charge in [-0.15, -0.1) is 0 Å². The molecule has 0 fully saturated rings. The second kappa shape index (κ2) is 6.83. The first-order valence-corrected chi connectivity index (χ1v) is 6.26. The fourth-order valence-electron chi connectivity index (χ4n) is 1.05. The molecule has 1 aromatic rings. The van der Waals surface area contributed by atoms with Crippen LogP contribution in [0.4, 0.5) is 5.69 Å². The zero-order chi connectivity index (χ0) is 12.0. The highest BCUT2D eigenvalue weighted by molar-refractivity contribution is 9.11. The largest absolute Gasteiger partial charge is 0.325 e. The lowest BCUT2D eigenvalue weighted by Crippen LogP contribution is -2.28. The number of carbonyl (C=O) groups is 1. The average Bonchev–Trinajstić information content (AvgIpc) is 2.21. The maximum atomic E-state index is 11.4. The van der Waals surface area contributed by atoms with Gasteiger partial charge in [0.2, 0.25) is 5.91 Å². The third kappa shape index (κ3) is 5.44. The van der Waals surface area contributed by atoms with E-state index in [4.69, 9.17) is 0 Å². The number of carbonyl (C=O) groups excluding carboxylic acids is 1. The highest BCUT2D eigenvalue weighted by Gasteiger charge is 2.01. The Hall–Kier alpha value is -0.650. The Balaban J connectivity index is 2.34. The van der Waals surface area contributed by atoms with Gasteiger partial charge in [0.25, 0.3) is 0 Å². The Morgan fingerprint density at radius 3 is 2.44 bits per heavy atom. The summed E-state index contributed by atoms with van der Waals surface area (Å²) in [6.07, 6.45) is 0. The van der Waals surface area contributed by atoms with Crippen LogP contribution in [0.25, 0.3) is 0 Å². The summed E-state index contributed by atoms with van der Waals surface area (Å²) in [7, 11) is 0. The molecule has 0 aliphatic rings. The lowest BCUT2D eigenvalue weighted by molar-refractivity contribution is -0.115. The van der Waals surface area contributed by atoms with Gasteiger partial charge >= 0.3 is 0 Å². The van der Waals surface area contributed by atoms with Crippen LogP contribution in [0.2, 0.25) is 0 Å². The van der Waals surface area contributed by atoms with E-state index in [0.29, 0.717) is 6.54 Å². The van der Waals surface area contributed by atoms with Gasteiger partial charge in [0.05, 0.1) is 6.54 Å². The quantitative estimate of drug-likeness (QED) is 0.859. The van der Waals surface area contributed by atoms with E-state index in [1.165, 1.54) is 0 Å². The van der Waals surface area contributed by atoms with Gasteiger partial charge in [0, 0.05) is 21.2 Å². The summed E-state index contributed by atoms with van der Waals surface area (Å²) in [6.45, 7) is 4.50. The maximum absolute atomic E-state index is 11.4. The van der Waals surface area contributed by atoms with Gasteiger partial charge in [0.15, 0.2) is 0 Å². The van der Waals surface area contributed by atoms with Crippen LogP contribution in [0.1, 0.15) is 0 Å². The predicted molar refractivity (Wildman–Crippen MR) is 73.7 cm³/mol. The zero-order valence-electron chi connectivity index (χ0n) is 8.59. The number of anilines is 1. The maximum Gasteiger partial charge on any atom is 0.238 e. The smallest absolute Gasteiger partial charge is 0.238 e. The van der Waals surface area contributed by atoms with Crippen molar-refractivity contribution in [3.63, 3.8) is 0 Å². The van der Waals surface area contributed by atoms with E-state index in [1.54, 1.807) is 0 Å². The minimum Gasteiger partial charge on any atom is -0.325 e. The second-order valence-corrected chi connectivity index (χ2v) is 5.21. The molecule has 1 aromatic carbocycles. The van der Waals surface area contributed by atoms with Crippen molar-refractivity contribution in [2.75, 3.05) is 18.4 Å². The van der Waals surface area contributed by atoms with Crippen molar-refractivity contribution in [2.45, 2.75) is 0 Å². The molecule has 0 aromatic heterocycles. The van der Waals surface area contributed by atoms with E-state index in [-0.39, 0.29) is 12.5 Å². The summed E-state index contributed by atoms with van der Waals surface area (Å²) in [5.74, 6) is -0.0731. The average molecular weight is 348 g/mol. The zero-order valence-corrected chi connectivity index (χ0v) is 11.8. The van der Waals surface area contributed by atoms with E-state index in [9.17, 15) is 4.79 Å². The molecule has 0 atom stereocenters. The van der Waals surface area contributed by atoms with Gasteiger partial charge in [0.1, 0.15) is 0 Å². The van der Waals surface area contributed by atoms with Gasteiger partial charge in [-0.2, -0.15) is 0 Å². The van der Waals surface area contributed by atoms with Gasteiger partial charge < -0.3 is 10.6 Å². The molecule has 0 bridgehead atoms. The first-order chi connectivity index (χ1) is 7.58. The van der Waals surface area contributed by atoms with Crippen molar-refractivity contribution in [1.29, 1.82) is 0 Å². The van der Waals surface area contributed by atoms with Crippen LogP contribution in [0.15, 0.2) is 39.8 Å². The van der Waals surface area contributed by atoms with Crippen LogP contribution in [-0.2, 0) is 4.79 Å². The minimum absolute atomic E-state index is 0.0731. The van der Waals surface area contributed by atoms with E-state index in [0.717, 1.165) is 14.6 Å². The van der Waals surface area contributed by atoms with Crippen molar-refractivity contribution in [3.05, 3.63) is 39.8 Å². The molecule has 0 saturated carbocycles. The molecule has 0 spiro atoms. The third-order valence-corrected chi connectivity index (χ3v) is 2.54. The number of hydrogen-bond acceptors (Lipinski definition) is 2. The molecular weight excluding hydrogens is 336 g/mol. The standard InChI is InChI=1S/C11H12Br2N2O/c1-8(12)6-14-7-11(16)15-10-4-2-9(13)3-5-10/h2-5,14H,1,6-7H2,(H,15,16). The van der Waals surface area contributed by atoms with Crippen LogP contribution in [0, 0.1) is 0 Å². The van der Waals surface area contributed by atoms with Crippen LogP contribution >= 0.6 is 31.9 Å². The molecule has 0 unspecified atom stereocenters. The molecule has 0 aliphatic heterocycles. The molecule has 1 amide bonds. The molecule has 16 heavy (non-hydrogen) atoms. The minimum atomic E-state index is -0.0731. The van der Waals surface area contributed by atoms with Crippen LogP contribution in [0.3, 0.4) is 0 Å². The summed E-state index contributed by atoms with van der Waals surface area (Å²) in [6, 6.07) is 7.43. The van der Waals surface area contributed by atoms with E-state index in [1.807, 2.05) is 24.3 Å². The number of benzene rings is 1. The molecule has 3 nitrogen and oxygen atoms in total. The molecule has 2 N–H and O–H groups in total. The van der Waals surface area contributed by atoms with Gasteiger partial charge in [-0.25, -0.2) is 0 Å². The van der Waals surface area contributed by atoms with E-state index in [2.05, 4.69) is 49.1 Å². The molecule has 0 radical (unpaired) electrons. The van der Waals surface area contributed by atoms with Crippen molar-refractivity contribution in [1.82, 2.24) is 5.32 Å². The molecule has 86 valence electrons.